The lowest BCUT2D eigenvalue weighted by Crippen LogP contribution is -2.15. The van der Waals surface area contributed by atoms with E-state index in [0.717, 1.165) is 24.8 Å². The molecule has 3 atom stereocenters. The van der Waals surface area contributed by atoms with Gasteiger partial charge in [0.1, 0.15) is 0 Å². The van der Waals surface area contributed by atoms with Crippen LogP contribution in [0.1, 0.15) is 44.1 Å². The van der Waals surface area contributed by atoms with E-state index in [-0.39, 0.29) is 12.3 Å². The first-order valence-electron chi connectivity index (χ1n) is 9.70. The number of carboxylic acid groups (broad SMARTS) is 1. The second-order valence-corrected chi connectivity index (χ2v) is 7.05. The Hall–Kier alpha value is -2.17. The topological polar surface area (TPSA) is 77.8 Å². The molecule has 0 saturated carbocycles. The van der Waals surface area contributed by atoms with Crippen molar-refractivity contribution in [3.05, 3.63) is 71.8 Å². The van der Waals surface area contributed by atoms with Crippen molar-refractivity contribution in [2.75, 3.05) is 0 Å². The number of rotatable bonds is 11. The maximum atomic E-state index is 10.5. The maximum absolute atomic E-state index is 10.5. The number of aliphatic hydroxyl groups is 2. The highest BCUT2D eigenvalue weighted by Gasteiger charge is 2.24. The van der Waals surface area contributed by atoms with Gasteiger partial charge in [-0.3, -0.25) is 4.79 Å². The maximum Gasteiger partial charge on any atom is 0.303 e. The van der Waals surface area contributed by atoms with Crippen LogP contribution in [0, 0.1) is 5.92 Å². The Bertz CT molecular complexity index is 660. The summed E-state index contributed by atoms with van der Waals surface area (Å²) in [7, 11) is 0. The molecule has 1 aromatic rings. The normalized spacial score (nSPS) is 21.0. The van der Waals surface area contributed by atoms with Crippen molar-refractivity contribution in [3.8, 4) is 0 Å². The molecule has 3 N–H and O–H groups in total. The van der Waals surface area contributed by atoms with Crippen molar-refractivity contribution in [3.63, 3.8) is 0 Å². The van der Waals surface area contributed by atoms with Gasteiger partial charge in [-0.05, 0) is 44.1 Å². The molecule has 0 spiro atoms. The molecule has 0 amide bonds. The van der Waals surface area contributed by atoms with Gasteiger partial charge >= 0.3 is 5.97 Å². The number of aryl methyl sites for hydroxylation is 1. The molecule has 1 aliphatic rings. The van der Waals surface area contributed by atoms with Crippen LogP contribution in [0.4, 0.5) is 0 Å². The molecule has 27 heavy (non-hydrogen) atoms. The Morgan fingerprint density at radius 3 is 2.74 bits per heavy atom. The number of allylic oxidation sites excluding steroid dienone is 2. The highest BCUT2D eigenvalue weighted by molar-refractivity contribution is 5.66. The quantitative estimate of drug-likeness (QED) is 0.406. The molecule has 0 bridgehead atoms. The van der Waals surface area contributed by atoms with Crippen molar-refractivity contribution in [1.82, 2.24) is 0 Å². The number of unbranched alkanes of at least 4 members (excludes halogenated alkanes) is 1. The second kappa shape index (κ2) is 11.5. The minimum absolute atomic E-state index is 0.0555. The molecule has 0 unspecified atom stereocenters. The predicted octanol–water partition coefficient (Wildman–Crippen LogP) is 4.04. The summed E-state index contributed by atoms with van der Waals surface area (Å²) < 4.78 is 0. The summed E-state index contributed by atoms with van der Waals surface area (Å²) in [5, 5.41) is 29.0. The zero-order chi connectivity index (χ0) is 19.5. The van der Waals surface area contributed by atoms with Gasteiger partial charge in [0.05, 0.1) is 12.2 Å². The summed E-state index contributed by atoms with van der Waals surface area (Å²) >= 11 is 0. The van der Waals surface area contributed by atoms with E-state index in [1.54, 1.807) is 6.08 Å². The molecule has 0 aromatic heterocycles. The van der Waals surface area contributed by atoms with Gasteiger partial charge < -0.3 is 15.3 Å². The Morgan fingerprint density at radius 2 is 2.00 bits per heavy atom. The fourth-order valence-electron chi connectivity index (χ4n) is 3.29. The average molecular weight is 370 g/mol. The first-order chi connectivity index (χ1) is 13.1. The van der Waals surface area contributed by atoms with Crippen LogP contribution >= 0.6 is 0 Å². The van der Waals surface area contributed by atoms with Crippen LogP contribution in [0.5, 0.6) is 0 Å². The molecule has 1 aromatic carbocycles. The van der Waals surface area contributed by atoms with Crippen molar-refractivity contribution < 1.29 is 20.1 Å². The largest absolute Gasteiger partial charge is 0.481 e. The molecule has 4 heteroatoms. The van der Waals surface area contributed by atoms with Crippen LogP contribution in [0.15, 0.2) is 66.3 Å². The number of benzene rings is 1. The third kappa shape index (κ3) is 7.94. The first-order valence-corrected chi connectivity index (χ1v) is 9.70. The van der Waals surface area contributed by atoms with Gasteiger partial charge in [-0.25, -0.2) is 0 Å². The number of hydrogen-bond donors (Lipinski definition) is 3. The molecule has 0 saturated heterocycles. The standard InChI is InChI=1S/C23H30O4/c24-20(14-12-18-8-4-3-5-9-18)15-16-21-19(13-17-22(21)25)10-6-1-2-7-11-23(26)27/h1,3-6,8-9,13,15-16,20-22,24-25H,2,7,10-12,14,17H2,(H,26,27)/b6-1-,16-15+/t20-,21-,22-/m1/s1. The zero-order valence-corrected chi connectivity index (χ0v) is 15.7. The smallest absolute Gasteiger partial charge is 0.303 e. The highest BCUT2D eigenvalue weighted by atomic mass is 16.4. The van der Waals surface area contributed by atoms with Gasteiger partial charge in [0.15, 0.2) is 0 Å². The van der Waals surface area contributed by atoms with Gasteiger partial charge in [0.25, 0.3) is 0 Å². The summed E-state index contributed by atoms with van der Waals surface area (Å²) in [4.78, 5) is 10.5. The van der Waals surface area contributed by atoms with Crippen LogP contribution in [-0.4, -0.2) is 33.5 Å². The highest BCUT2D eigenvalue weighted by Crippen LogP contribution is 2.30. The Labute approximate surface area is 161 Å². The van der Waals surface area contributed by atoms with E-state index in [0.29, 0.717) is 19.3 Å². The van der Waals surface area contributed by atoms with E-state index in [4.69, 9.17) is 5.11 Å². The minimum atomic E-state index is -0.763. The molecule has 146 valence electrons. The van der Waals surface area contributed by atoms with Crippen molar-refractivity contribution in [2.45, 2.75) is 57.2 Å². The summed E-state index contributed by atoms with van der Waals surface area (Å²) in [6.45, 7) is 0. The van der Waals surface area contributed by atoms with Crippen LogP contribution in [0.25, 0.3) is 0 Å². The Balaban J connectivity index is 1.77. The molecule has 1 aliphatic carbocycles. The fourth-order valence-corrected chi connectivity index (χ4v) is 3.29. The zero-order valence-electron chi connectivity index (χ0n) is 15.7. The van der Waals surface area contributed by atoms with Crippen LogP contribution in [0.3, 0.4) is 0 Å². The average Bonchev–Trinajstić information content (AvgIpc) is 3.01. The van der Waals surface area contributed by atoms with Gasteiger partial charge in [0.2, 0.25) is 0 Å². The van der Waals surface area contributed by atoms with Crippen molar-refractivity contribution in [1.29, 1.82) is 0 Å². The number of hydrogen-bond acceptors (Lipinski definition) is 3. The van der Waals surface area contributed by atoms with E-state index in [9.17, 15) is 15.0 Å². The monoisotopic (exact) mass is 370 g/mol. The van der Waals surface area contributed by atoms with E-state index in [2.05, 4.69) is 18.2 Å². The lowest BCUT2D eigenvalue weighted by atomic mass is 9.95. The van der Waals surface area contributed by atoms with E-state index in [1.165, 1.54) is 5.56 Å². The summed E-state index contributed by atoms with van der Waals surface area (Å²) in [6.07, 6.45) is 13.3. The van der Waals surface area contributed by atoms with Crippen molar-refractivity contribution in [2.24, 2.45) is 5.92 Å². The number of aliphatic carboxylic acids is 1. The summed E-state index contributed by atoms with van der Waals surface area (Å²) in [5.41, 5.74) is 2.36. The number of carbonyl (C=O) groups is 1. The fraction of sp³-hybridized carbons (Fsp3) is 0.435. The van der Waals surface area contributed by atoms with Crippen LogP contribution in [-0.2, 0) is 11.2 Å². The molecule has 0 aliphatic heterocycles. The van der Waals surface area contributed by atoms with Crippen molar-refractivity contribution >= 4 is 5.97 Å². The summed E-state index contributed by atoms with van der Waals surface area (Å²) in [6, 6.07) is 10.1. The molecule has 0 fully saturated rings. The Morgan fingerprint density at radius 1 is 1.22 bits per heavy atom. The van der Waals surface area contributed by atoms with E-state index in [1.807, 2.05) is 36.4 Å². The third-order valence-electron chi connectivity index (χ3n) is 4.86. The molecular formula is C23H30O4. The SMILES string of the molecule is O=C(O)CCC/C=C\CC1=CC[C@@H](O)[C@@H]1/C=C/[C@H](O)CCc1ccccc1. The molecule has 0 heterocycles. The number of aliphatic hydroxyl groups excluding tert-OH is 2. The van der Waals surface area contributed by atoms with Gasteiger partial charge in [-0.2, -0.15) is 0 Å². The Kier molecular flexibility index (Phi) is 9.02. The number of carboxylic acids is 1. The lowest BCUT2D eigenvalue weighted by Gasteiger charge is -2.15. The van der Waals surface area contributed by atoms with Crippen LogP contribution < -0.4 is 0 Å². The first kappa shape index (κ1) is 21.1. The van der Waals surface area contributed by atoms with E-state index < -0.39 is 18.2 Å². The van der Waals surface area contributed by atoms with Gasteiger partial charge in [-0.1, -0.05) is 66.3 Å². The van der Waals surface area contributed by atoms with E-state index >= 15 is 0 Å². The predicted molar refractivity (Wildman–Crippen MR) is 107 cm³/mol. The lowest BCUT2D eigenvalue weighted by molar-refractivity contribution is -0.137. The molecule has 0 radical (unpaired) electrons. The molecular weight excluding hydrogens is 340 g/mol. The van der Waals surface area contributed by atoms with Gasteiger partial charge in [0, 0.05) is 12.3 Å². The van der Waals surface area contributed by atoms with Crippen LogP contribution in [0.2, 0.25) is 0 Å². The molecule has 2 rings (SSSR count). The second-order valence-electron chi connectivity index (χ2n) is 7.05. The van der Waals surface area contributed by atoms with Gasteiger partial charge in [-0.15, -0.1) is 0 Å². The molecule has 4 nitrogen and oxygen atoms in total. The third-order valence-corrected chi connectivity index (χ3v) is 4.86. The summed E-state index contributed by atoms with van der Waals surface area (Å²) in [5.74, 6) is -0.818. The minimum Gasteiger partial charge on any atom is -0.481 e.